The fourth-order valence-electron chi connectivity index (χ4n) is 2.90. The number of carbonyl (C=O) groups is 1. The summed E-state index contributed by atoms with van der Waals surface area (Å²) >= 11 is 0.698. The number of nitrogens with one attached hydrogen (secondary N) is 1. The molecule has 0 spiro atoms. The van der Waals surface area contributed by atoms with E-state index < -0.39 is 20.9 Å². The summed E-state index contributed by atoms with van der Waals surface area (Å²) in [5.74, 6) is 1.48. The SMILES string of the molecule is CCOc1cc(C=C(C#N)C(=O)Nc2nc(S(C)(=O)=O)ns2)ccc1OCCOc1cccc(OC)c1. The third kappa shape index (κ3) is 7.92. The number of amides is 1. The Bertz CT molecular complexity index is 1430. The van der Waals surface area contributed by atoms with Crippen LogP contribution in [0.15, 0.2) is 53.2 Å². The van der Waals surface area contributed by atoms with Crippen LogP contribution in [-0.2, 0) is 14.6 Å². The lowest BCUT2D eigenvalue weighted by molar-refractivity contribution is -0.112. The van der Waals surface area contributed by atoms with Crippen molar-refractivity contribution in [1.82, 2.24) is 9.36 Å². The number of nitrogens with zero attached hydrogens (tertiary/aromatic N) is 3. The van der Waals surface area contributed by atoms with Gasteiger partial charge in [-0.3, -0.25) is 10.1 Å². The van der Waals surface area contributed by atoms with Gasteiger partial charge < -0.3 is 18.9 Å². The molecule has 0 unspecified atom stereocenters. The summed E-state index contributed by atoms with van der Waals surface area (Å²) < 4.78 is 49.0. The van der Waals surface area contributed by atoms with Crippen molar-refractivity contribution in [2.75, 3.05) is 38.5 Å². The van der Waals surface area contributed by atoms with Crippen molar-refractivity contribution < 1.29 is 32.2 Å². The molecule has 194 valence electrons. The molecule has 0 atom stereocenters. The topological polar surface area (TPSA) is 150 Å². The Balaban J connectivity index is 1.66. The molecule has 1 aromatic heterocycles. The maximum atomic E-state index is 12.5. The standard InChI is InChI=1S/C24H24N4O7S2/c1-4-33-21-13-16(8-9-20(21)35-11-10-34-19-7-5-6-18(14-19)32-2)12-17(15-25)22(29)26-23-27-24(28-36-23)37(3,30)31/h5-9,12-14H,4,10-11H2,1-3H3,(H,26,27,28,29). The molecule has 0 saturated carbocycles. The van der Waals surface area contributed by atoms with Gasteiger partial charge in [-0.15, -0.1) is 0 Å². The minimum absolute atomic E-state index is 0.0403. The molecule has 3 aromatic rings. The molecule has 3 rings (SSSR count). The molecule has 0 aliphatic heterocycles. The molecule has 0 radical (unpaired) electrons. The first-order valence-electron chi connectivity index (χ1n) is 10.9. The van der Waals surface area contributed by atoms with Gasteiger partial charge in [-0.1, -0.05) is 12.1 Å². The zero-order valence-corrected chi connectivity index (χ0v) is 21.9. The Hall–Kier alpha value is -4.15. The van der Waals surface area contributed by atoms with Crippen LogP contribution in [0.2, 0.25) is 0 Å². The van der Waals surface area contributed by atoms with Crippen LogP contribution >= 0.6 is 11.5 Å². The summed E-state index contributed by atoms with van der Waals surface area (Å²) in [5, 5.41) is 11.4. The van der Waals surface area contributed by atoms with Crippen LogP contribution in [0.3, 0.4) is 0 Å². The predicted molar refractivity (Wildman–Crippen MR) is 137 cm³/mol. The summed E-state index contributed by atoms with van der Waals surface area (Å²) in [6, 6.07) is 14.0. The van der Waals surface area contributed by atoms with Crippen LogP contribution in [0.4, 0.5) is 5.13 Å². The Kier molecular flexibility index (Phi) is 9.42. The largest absolute Gasteiger partial charge is 0.497 e. The molecule has 13 heteroatoms. The normalized spacial score (nSPS) is 11.4. The average molecular weight is 545 g/mol. The summed E-state index contributed by atoms with van der Waals surface area (Å²) in [4.78, 5) is 16.3. The zero-order chi connectivity index (χ0) is 26.8. The number of anilines is 1. The third-order valence-corrected chi connectivity index (χ3v) is 6.15. The second-order valence-corrected chi connectivity index (χ2v) is 9.95. The number of sulfone groups is 1. The van der Waals surface area contributed by atoms with E-state index in [1.165, 1.54) is 6.08 Å². The Morgan fingerprint density at radius 3 is 2.54 bits per heavy atom. The number of aromatic nitrogens is 2. The van der Waals surface area contributed by atoms with Gasteiger partial charge in [0.25, 0.3) is 11.1 Å². The molecule has 0 aliphatic carbocycles. The molecule has 1 amide bonds. The summed E-state index contributed by atoms with van der Waals surface area (Å²) in [5.41, 5.74) is 0.295. The van der Waals surface area contributed by atoms with E-state index in [0.29, 0.717) is 46.7 Å². The first kappa shape index (κ1) is 27.4. The number of nitriles is 1. The molecule has 1 heterocycles. The quantitative estimate of drug-likeness (QED) is 0.204. The van der Waals surface area contributed by atoms with Gasteiger partial charge >= 0.3 is 0 Å². The second kappa shape index (κ2) is 12.7. The van der Waals surface area contributed by atoms with Gasteiger partial charge in [0.1, 0.15) is 36.4 Å². The van der Waals surface area contributed by atoms with Crippen molar-refractivity contribution in [2.24, 2.45) is 0 Å². The van der Waals surface area contributed by atoms with Gasteiger partial charge in [-0.25, -0.2) is 8.42 Å². The average Bonchev–Trinajstić information content (AvgIpc) is 3.35. The highest BCUT2D eigenvalue weighted by Gasteiger charge is 2.18. The fraction of sp³-hybridized carbons (Fsp3) is 0.250. The van der Waals surface area contributed by atoms with E-state index in [-0.39, 0.29) is 23.9 Å². The number of hydrogen-bond acceptors (Lipinski definition) is 11. The number of rotatable bonds is 12. The molecule has 0 fully saturated rings. The van der Waals surface area contributed by atoms with E-state index in [9.17, 15) is 18.5 Å². The first-order valence-corrected chi connectivity index (χ1v) is 13.5. The Labute approximate surface area is 218 Å². The molecule has 11 nitrogen and oxygen atoms in total. The maximum absolute atomic E-state index is 12.5. The predicted octanol–water partition coefficient (Wildman–Crippen LogP) is 3.35. The lowest BCUT2D eigenvalue weighted by Gasteiger charge is -2.13. The van der Waals surface area contributed by atoms with Crippen LogP contribution in [0.1, 0.15) is 12.5 Å². The highest BCUT2D eigenvalue weighted by molar-refractivity contribution is 7.90. The first-order chi connectivity index (χ1) is 17.7. The van der Waals surface area contributed by atoms with E-state index in [1.54, 1.807) is 31.4 Å². The van der Waals surface area contributed by atoms with E-state index in [0.717, 1.165) is 6.26 Å². The number of carbonyl (C=O) groups excluding carboxylic acids is 1. The third-order valence-electron chi connectivity index (χ3n) is 4.55. The van der Waals surface area contributed by atoms with Gasteiger partial charge in [-0.2, -0.15) is 14.6 Å². The van der Waals surface area contributed by atoms with Gasteiger partial charge in [-0.05, 0) is 42.8 Å². The number of methoxy groups -OCH3 is 1. The van der Waals surface area contributed by atoms with Crippen molar-refractivity contribution in [3.63, 3.8) is 0 Å². The summed E-state index contributed by atoms with van der Waals surface area (Å²) in [6.45, 7) is 2.72. The summed E-state index contributed by atoms with van der Waals surface area (Å²) in [6.07, 6.45) is 2.32. The molecule has 37 heavy (non-hydrogen) atoms. The van der Waals surface area contributed by atoms with Crippen molar-refractivity contribution in [1.29, 1.82) is 5.26 Å². The van der Waals surface area contributed by atoms with Gasteiger partial charge in [0.15, 0.2) is 11.5 Å². The highest BCUT2D eigenvalue weighted by Crippen LogP contribution is 2.30. The van der Waals surface area contributed by atoms with Crippen LogP contribution < -0.4 is 24.3 Å². The van der Waals surface area contributed by atoms with Crippen molar-refractivity contribution >= 4 is 38.5 Å². The molecular weight excluding hydrogens is 520 g/mol. The summed E-state index contributed by atoms with van der Waals surface area (Å²) in [7, 11) is -2.03. The van der Waals surface area contributed by atoms with E-state index >= 15 is 0 Å². The number of hydrogen-bond donors (Lipinski definition) is 1. The van der Waals surface area contributed by atoms with E-state index in [1.807, 2.05) is 31.2 Å². The lowest BCUT2D eigenvalue weighted by atomic mass is 10.1. The maximum Gasteiger partial charge on any atom is 0.268 e. The molecule has 2 aromatic carbocycles. The number of benzene rings is 2. The smallest absolute Gasteiger partial charge is 0.268 e. The molecule has 0 aliphatic rings. The van der Waals surface area contributed by atoms with Crippen molar-refractivity contribution in [2.45, 2.75) is 12.1 Å². The molecule has 0 saturated heterocycles. The lowest BCUT2D eigenvalue weighted by Crippen LogP contribution is -2.13. The monoisotopic (exact) mass is 544 g/mol. The van der Waals surface area contributed by atoms with Crippen LogP contribution in [0, 0.1) is 11.3 Å². The van der Waals surface area contributed by atoms with E-state index in [4.69, 9.17) is 18.9 Å². The van der Waals surface area contributed by atoms with Gasteiger partial charge in [0.2, 0.25) is 15.0 Å². The van der Waals surface area contributed by atoms with Crippen LogP contribution in [-0.4, -0.2) is 56.9 Å². The Morgan fingerprint density at radius 1 is 1.11 bits per heavy atom. The second-order valence-electron chi connectivity index (χ2n) is 7.29. The molecule has 1 N–H and O–H groups in total. The van der Waals surface area contributed by atoms with Crippen molar-refractivity contribution in [3.8, 4) is 29.1 Å². The minimum atomic E-state index is -3.61. The van der Waals surface area contributed by atoms with Gasteiger partial charge in [0.05, 0.1) is 13.7 Å². The highest BCUT2D eigenvalue weighted by atomic mass is 32.2. The zero-order valence-electron chi connectivity index (χ0n) is 20.3. The van der Waals surface area contributed by atoms with Gasteiger partial charge in [0, 0.05) is 23.9 Å². The fourth-order valence-corrected chi connectivity index (χ4v) is 4.33. The number of ether oxygens (including phenoxy) is 4. The minimum Gasteiger partial charge on any atom is -0.497 e. The Morgan fingerprint density at radius 2 is 1.86 bits per heavy atom. The van der Waals surface area contributed by atoms with Crippen LogP contribution in [0.25, 0.3) is 6.08 Å². The van der Waals surface area contributed by atoms with Crippen molar-refractivity contribution in [3.05, 3.63) is 53.6 Å². The molecule has 0 bridgehead atoms. The molecular formula is C24H24N4O7S2. The van der Waals surface area contributed by atoms with Crippen LogP contribution in [0.5, 0.6) is 23.0 Å². The van der Waals surface area contributed by atoms with E-state index in [2.05, 4.69) is 14.7 Å².